The topological polar surface area (TPSA) is 103 Å². The molecule has 0 radical (unpaired) electrons. The van der Waals surface area contributed by atoms with Crippen molar-refractivity contribution in [2.75, 3.05) is 0 Å². The van der Waals surface area contributed by atoms with Gasteiger partial charge in [0.2, 0.25) is 0 Å². The van der Waals surface area contributed by atoms with E-state index in [1.54, 1.807) is 0 Å². The smallest absolute Gasteiger partial charge is 0.126 e. The van der Waals surface area contributed by atoms with Crippen LogP contribution in [0.3, 0.4) is 0 Å². The van der Waals surface area contributed by atoms with Crippen molar-refractivity contribution < 1.29 is 0 Å². The van der Waals surface area contributed by atoms with Crippen molar-refractivity contribution in [2.45, 2.75) is 27.7 Å². The number of aryl methyl sites for hydroxylation is 4. The van der Waals surface area contributed by atoms with E-state index in [9.17, 15) is 0 Å². The molecular formula is C116H80N8S4. The molecule has 8 heterocycles. The van der Waals surface area contributed by atoms with Crippen LogP contribution in [0.4, 0.5) is 0 Å². The third kappa shape index (κ3) is 16.4. The molecule has 0 saturated heterocycles. The average Bonchev–Trinajstić information content (AvgIpc) is 1.60. The molecule has 608 valence electrons. The molecule has 24 rings (SSSR count). The quantitative estimate of drug-likeness (QED) is 0.119. The van der Waals surface area contributed by atoms with Crippen LogP contribution in [0.1, 0.15) is 23.3 Å². The Labute approximate surface area is 758 Å². The molecule has 24 aromatic rings. The van der Waals surface area contributed by atoms with Crippen LogP contribution in [0.2, 0.25) is 0 Å². The minimum atomic E-state index is 0.764. The number of hydrogen-bond acceptors (Lipinski definition) is 12. The monoisotopic (exact) mass is 1710 g/mol. The molecule has 0 aliphatic rings. The van der Waals surface area contributed by atoms with Gasteiger partial charge in [-0.25, -0.2) is 39.9 Å². The first-order valence-electron chi connectivity index (χ1n) is 42.7. The highest BCUT2D eigenvalue weighted by Crippen LogP contribution is 2.46. The molecule has 0 fully saturated rings. The Kier molecular flexibility index (Phi) is 22.1. The van der Waals surface area contributed by atoms with Crippen LogP contribution in [0.5, 0.6) is 0 Å². The molecule has 0 aliphatic heterocycles. The first-order chi connectivity index (χ1) is 63.0. The Morgan fingerprint density at radius 1 is 0.141 bits per heavy atom. The number of benzene rings is 16. The van der Waals surface area contributed by atoms with Crippen molar-refractivity contribution in [3.05, 3.63) is 436 Å². The lowest BCUT2D eigenvalue weighted by atomic mass is 9.94. The number of nitrogens with zero attached hydrogens (tertiary/aromatic N) is 8. The minimum Gasteiger partial charge on any atom is -0.233 e. The molecule has 0 saturated carbocycles. The van der Waals surface area contributed by atoms with E-state index in [-0.39, 0.29) is 0 Å². The molecule has 0 spiro atoms. The lowest BCUT2D eigenvalue weighted by Gasteiger charge is -2.12. The van der Waals surface area contributed by atoms with Gasteiger partial charge in [-0.05, 0) is 169 Å². The molecule has 128 heavy (non-hydrogen) atoms. The van der Waals surface area contributed by atoms with Gasteiger partial charge in [-0.2, -0.15) is 0 Å². The normalized spacial score (nSPS) is 11.3. The second-order valence-electron chi connectivity index (χ2n) is 31.6. The van der Waals surface area contributed by atoms with Crippen molar-refractivity contribution >= 4 is 126 Å². The molecule has 0 atom stereocenters. The van der Waals surface area contributed by atoms with E-state index in [4.69, 9.17) is 34.9 Å². The van der Waals surface area contributed by atoms with Gasteiger partial charge in [-0.1, -0.05) is 315 Å². The van der Waals surface area contributed by atoms with Crippen LogP contribution in [0, 0.1) is 27.7 Å². The molecule has 8 aromatic heterocycles. The van der Waals surface area contributed by atoms with Gasteiger partial charge in [0.25, 0.3) is 0 Å². The molecule has 16 aromatic carbocycles. The van der Waals surface area contributed by atoms with E-state index in [0.717, 1.165) is 108 Å². The van der Waals surface area contributed by atoms with Crippen LogP contribution in [0.25, 0.3) is 215 Å². The Bertz CT molecular complexity index is 8180. The van der Waals surface area contributed by atoms with E-state index in [0.29, 0.717) is 0 Å². The lowest BCUT2D eigenvalue weighted by Crippen LogP contribution is -1.96. The van der Waals surface area contributed by atoms with E-state index in [2.05, 4.69) is 387 Å². The molecular weight excluding hydrogens is 1630 g/mol. The zero-order chi connectivity index (χ0) is 86.0. The lowest BCUT2D eigenvalue weighted by molar-refractivity contribution is 1.06. The highest BCUT2D eigenvalue weighted by molar-refractivity contribution is 7.27. The van der Waals surface area contributed by atoms with Gasteiger partial charge < -0.3 is 0 Å². The predicted molar refractivity (Wildman–Crippen MR) is 544 cm³/mol. The van der Waals surface area contributed by atoms with Crippen LogP contribution in [0.15, 0.2) is 413 Å². The van der Waals surface area contributed by atoms with Gasteiger partial charge in [0.05, 0.1) is 45.6 Å². The van der Waals surface area contributed by atoms with Crippen molar-refractivity contribution in [1.82, 2.24) is 39.9 Å². The highest BCUT2D eigenvalue weighted by Gasteiger charge is 2.21. The third-order valence-electron chi connectivity index (χ3n) is 23.1. The molecule has 0 amide bonds. The van der Waals surface area contributed by atoms with Crippen molar-refractivity contribution in [2.24, 2.45) is 0 Å². The summed E-state index contributed by atoms with van der Waals surface area (Å²) < 4.78 is 10.4. The number of fused-ring (bicyclic) bond motifs is 12. The number of hydrogen-bond donors (Lipinski definition) is 0. The standard InChI is InChI=1S/C35H24N2S.2C29H20N2S.C23H16N2S/c1-23-36-31(22-32(37-23)29-16-10-18-34-35(29)30-15-8-9-17-33(30)38-34)28-20-26(24-11-4-2-5-12-24)19-27(21-28)25-13-6-3-7-14-25;1-19-30-25(22-12-7-11-21(17-22)20-9-3-2-4-10-20)18-26(31-19)23-14-8-16-28-29(23)24-13-5-6-15-27(24)32-28;1-19-30-25(22-16-14-21(15-17-22)20-8-3-2-4-9-20)18-26(31-19)23-11-7-13-28-29(23)24-10-5-6-12-27(24)32-28;1-15-24-19(16-8-3-2-4-9-16)14-20(25-15)17-11-7-13-22-23(17)18-10-5-6-12-21(18)26-22/h2-22H,1H3;2*2-18H,1H3;2-14H,1H3. The van der Waals surface area contributed by atoms with Crippen molar-refractivity contribution in [3.8, 4) is 135 Å². The largest absolute Gasteiger partial charge is 0.233 e. The van der Waals surface area contributed by atoms with Gasteiger partial charge >= 0.3 is 0 Å². The summed E-state index contributed by atoms with van der Waals surface area (Å²) in [6.07, 6.45) is 0. The third-order valence-corrected chi connectivity index (χ3v) is 27.7. The molecule has 12 heteroatoms. The first kappa shape index (κ1) is 79.9. The minimum absolute atomic E-state index is 0.764. The molecule has 0 bridgehead atoms. The summed E-state index contributed by atoms with van der Waals surface area (Å²) in [5, 5.41) is 10.2. The SMILES string of the molecule is Cc1nc(-c2cc(-c3ccccc3)cc(-c3ccccc3)c2)cc(-c2cccc3sc4ccccc4c23)n1.Cc1nc(-c2ccc(-c3ccccc3)cc2)cc(-c2cccc3sc4ccccc4c23)n1.Cc1nc(-c2cccc(-c3ccccc3)c2)cc(-c2cccc3sc4ccccc4c23)n1.Cc1nc(-c2ccccc2)cc(-c2cccc3sc4ccccc4c23)n1. The van der Waals surface area contributed by atoms with Crippen LogP contribution >= 0.6 is 45.3 Å². The number of thiophene rings is 4. The van der Waals surface area contributed by atoms with Gasteiger partial charge in [0, 0.05) is 125 Å². The number of rotatable bonds is 12. The zero-order valence-corrected chi connectivity index (χ0v) is 73.7. The molecule has 0 N–H and O–H groups in total. The van der Waals surface area contributed by atoms with Gasteiger partial charge in [-0.15, -0.1) is 45.3 Å². The Hall–Kier alpha value is -15.3. The summed E-state index contributed by atoms with van der Waals surface area (Å²) in [5.74, 6) is 3.11. The van der Waals surface area contributed by atoms with Gasteiger partial charge in [0.15, 0.2) is 0 Å². The fourth-order valence-electron chi connectivity index (χ4n) is 17.3. The summed E-state index contributed by atoms with van der Waals surface area (Å²) in [6, 6.07) is 145. The summed E-state index contributed by atoms with van der Waals surface area (Å²) in [7, 11) is 0. The van der Waals surface area contributed by atoms with E-state index in [1.807, 2.05) is 103 Å². The second-order valence-corrected chi connectivity index (χ2v) is 36.0. The first-order valence-corrected chi connectivity index (χ1v) is 46.0. The van der Waals surface area contributed by atoms with Crippen LogP contribution in [-0.2, 0) is 0 Å². The summed E-state index contributed by atoms with van der Waals surface area (Å²) in [5.41, 5.74) is 26.2. The maximum atomic E-state index is 4.92. The van der Waals surface area contributed by atoms with E-state index in [1.165, 1.54) is 131 Å². The Balaban J connectivity index is 0.000000105. The predicted octanol–water partition coefficient (Wildman–Crippen LogP) is 32.6. The van der Waals surface area contributed by atoms with Crippen molar-refractivity contribution in [3.63, 3.8) is 0 Å². The maximum Gasteiger partial charge on any atom is 0.126 e. The zero-order valence-electron chi connectivity index (χ0n) is 70.5. The van der Waals surface area contributed by atoms with E-state index >= 15 is 0 Å². The molecule has 8 nitrogen and oxygen atoms in total. The average molecular weight is 1710 g/mol. The molecule has 0 aliphatic carbocycles. The fourth-order valence-corrected chi connectivity index (χ4v) is 21.8. The van der Waals surface area contributed by atoms with Gasteiger partial charge in [0.1, 0.15) is 23.3 Å². The summed E-state index contributed by atoms with van der Waals surface area (Å²) in [4.78, 5) is 38.5. The molecule has 0 unspecified atom stereocenters. The Morgan fingerprint density at radius 2 is 0.344 bits per heavy atom. The van der Waals surface area contributed by atoms with Gasteiger partial charge in [-0.3, -0.25) is 0 Å². The van der Waals surface area contributed by atoms with Crippen molar-refractivity contribution in [1.29, 1.82) is 0 Å². The summed E-state index contributed by atoms with van der Waals surface area (Å²) >= 11 is 7.33. The maximum absolute atomic E-state index is 4.92. The number of aromatic nitrogens is 8. The second kappa shape index (κ2) is 35.4. The Morgan fingerprint density at radius 3 is 0.680 bits per heavy atom. The highest BCUT2D eigenvalue weighted by atomic mass is 32.1. The van der Waals surface area contributed by atoms with Crippen LogP contribution in [-0.4, -0.2) is 39.9 Å². The van der Waals surface area contributed by atoms with E-state index < -0.39 is 0 Å². The fraction of sp³-hybridized carbons (Fsp3) is 0.0345. The summed E-state index contributed by atoms with van der Waals surface area (Å²) in [6.45, 7) is 7.89. The van der Waals surface area contributed by atoms with Crippen LogP contribution < -0.4 is 0 Å².